The molecule has 2 saturated carbocycles. The minimum Gasteiger partial charge on any atom is -0.428 e. The van der Waals surface area contributed by atoms with Crippen LogP contribution in [0.5, 0.6) is 0 Å². The van der Waals surface area contributed by atoms with Crippen molar-refractivity contribution >= 4 is 29.3 Å². The second-order valence-corrected chi connectivity index (χ2v) is 9.10. The summed E-state index contributed by atoms with van der Waals surface area (Å²) in [5, 5.41) is 27.8. The van der Waals surface area contributed by atoms with Gasteiger partial charge in [0.05, 0.1) is 11.3 Å². The molecule has 142 valence electrons. The van der Waals surface area contributed by atoms with Crippen LogP contribution in [0.15, 0.2) is 23.6 Å². The lowest BCUT2D eigenvalue weighted by molar-refractivity contribution is -0.00753. The maximum absolute atomic E-state index is 11.0. The molecular weight excluding hydrogens is 339 g/mol. The molecule has 4 atom stereocenters. The molecule has 7 heteroatoms. The van der Waals surface area contributed by atoms with Crippen molar-refractivity contribution < 1.29 is 10.1 Å². The number of rotatable bonds is 2. The van der Waals surface area contributed by atoms with Gasteiger partial charge in [-0.25, -0.2) is 4.98 Å². The number of hydrogen-bond donors (Lipinski definition) is 3. The maximum atomic E-state index is 11.0. The predicted octanol–water partition coefficient (Wildman–Crippen LogP) is 1.87. The Labute approximate surface area is 159 Å². The molecule has 5 rings (SSSR count). The van der Waals surface area contributed by atoms with Crippen molar-refractivity contribution in [3.05, 3.63) is 24.0 Å². The predicted molar refractivity (Wildman–Crippen MR) is 107 cm³/mol. The van der Waals surface area contributed by atoms with E-state index in [1.807, 2.05) is 12.3 Å². The molecule has 3 aliphatic rings. The van der Waals surface area contributed by atoms with Crippen molar-refractivity contribution in [3.8, 4) is 0 Å². The molecular formula is C20H27BN4O2. The van der Waals surface area contributed by atoms with E-state index in [1.165, 1.54) is 0 Å². The number of aromatic nitrogens is 2. The van der Waals surface area contributed by atoms with E-state index < -0.39 is 12.7 Å². The SMILES string of the molecule is CC1C[C@]2(O)CC[C@@H](C2)[C@H]1C1=NN(C(C)C)B(O)c2cnc3[nH]ccc3c21. The molecule has 3 N–H and O–H groups in total. The normalized spacial score (nSPS) is 33.0. The van der Waals surface area contributed by atoms with Gasteiger partial charge in [0, 0.05) is 40.8 Å². The van der Waals surface area contributed by atoms with Crippen molar-refractivity contribution in [2.24, 2.45) is 22.9 Å². The van der Waals surface area contributed by atoms with Gasteiger partial charge < -0.3 is 20.0 Å². The fourth-order valence-corrected chi connectivity index (χ4v) is 5.83. The van der Waals surface area contributed by atoms with Crippen LogP contribution >= 0.6 is 0 Å². The second kappa shape index (κ2) is 5.82. The van der Waals surface area contributed by atoms with Crippen LogP contribution in [0.2, 0.25) is 0 Å². The van der Waals surface area contributed by atoms with Crippen LogP contribution in [0, 0.1) is 17.8 Å². The van der Waals surface area contributed by atoms with Crippen LogP contribution in [-0.2, 0) is 0 Å². The van der Waals surface area contributed by atoms with Gasteiger partial charge in [0.1, 0.15) is 5.65 Å². The van der Waals surface area contributed by atoms with E-state index in [2.05, 4.69) is 30.7 Å². The van der Waals surface area contributed by atoms with Gasteiger partial charge in [0.15, 0.2) is 0 Å². The summed E-state index contributed by atoms with van der Waals surface area (Å²) in [5.74, 6) is 1.09. The van der Waals surface area contributed by atoms with E-state index in [0.717, 1.165) is 53.5 Å². The first-order chi connectivity index (χ1) is 12.9. The Hall–Kier alpha value is -1.86. The van der Waals surface area contributed by atoms with Crippen LogP contribution in [-0.4, -0.2) is 49.4 Å². The van der Waals surface area contributed by atoms with Gasteiger partial charge in [-0.2, -0.15) is 5.10 Å². The zero-order chi connectivity index (χ0) is 18.9. The molecule has 6 nitrogen and oxygen atoms in total. The minimum atomic E-state index is -0.782. The Morgan fingerprint density at radius 3 is 2.96 bits per heavy atom. The molecule has 0 radical (unpaired) electrons. The Morgan fingerprint density at radius 2 is 2.19 bits per heavy atom. The summed E-state index contributed by atoms with van der Waals surface area (Å²) in [6.07, 6.45) is 7.32. The van der Waals surface area contributed by atoms with Crippen LogP contribution in [0.4, 0.5) is 0 Å². The molecule has 3 heterocycles. The number of H-pyrrole nitrogens is 1. The molecule has 2 aliphatic carbocycles. The number of hydrazone groups is 1. The molecule has 2 aromatic heterocycles. The summed E-state index contributed by atoms with van der Waals surface area (Å²) in [6, 6.07) is 2.12. The van der Waals surface area contributed by atoms with Crippen molar-refractivity contribution in [3.63, 3.8) is 0 Å². The second-order valence-electron chi connectivity index (χ2n) is 9.10. The molecule has 1 aliphatic heterocycles. The highest BCUT2D eigenvalue weighted by Crippen LogP contribution is 2.52. The Kier molecular flexibility index (Phi) is 3.72. The topological polar surface area (TPSA) is 84.7 Å². The fourth-order valence-electron chi connectivity index (χ4n) is 5.83. The van der Waals surface area contributed by atoms with Crippen molar-refractivity contribution in [2.45, 2.75) is 58.1 Å². The summed E-state index contributed by atoms with van der Waals surface area (Å²) in [5.41, 5.74) is 3.29. The third kappa shape index (κ3) is 2.48. The number of aromatic amines is 1. The van der Waals surface area contributed by atoms with E-state index in [1.54, 1.807) is 11.1 Å². The number of nitrogens with one attached hydrogen (secondary N) is 1. The summed E-state index contributed by atoms with van der Waals surface area (Å²) in [6.45, 7) is 6.35. The smallest absolute Gasteiger partial charge is 0.428 e. The van der Waals surface area contributed by atoms with Crippen LogP contribution < -0.4 is 5.46 Å². The lowest BCUT2D eigenvalue weighted by Crippen LogP contribution is -2.56. The third-order valence-corrected chi connectivity index (χ3v) is 6.91. The molecule has 0 spiro atoms. The van der Waals surface area contributed by atoms with Gasteiger partial charge in [-0.1, -0.05) is 6.92 Å². The highest BCUT2D eigenvalue weighted by Gasteiger charge is 2.51. The summed E-state index contributed by atoms with van der Waals surface area (Å²) in [7, 11) is -0.782. The fraction of sp³-hybridized carbons (Fsp3) is 0.600. The standard InChI is InChI=1S/C20H27BN4O2/c1-11(2)25-21(27)15-10-23-19-14(5-7-22-19)17(15)18(24-25)16-12(3)8-20(26)6-4-13(16)9-20/h5,7,10-13,16,26-27H,4,6,8-9H2,1-3H3,(H,22,23)/t12?,13-,16-,20+/m0/s1. The van der Waals surface area contributed by atoms with Crippen LogP contribution in [0.3, 0.4) is 0 Å². The van der Waals surface area contributed by atoms with Crippen LogP contribution in [0.25, 0.3) is 11.0 Å². The minimum absolute atomic E-state index is 0.0875. The van der Waals surface area contributed by atoms with Gasteiger partial charge >= 0.3 is 7.05 Å². The number of fused-ring (bicyclic) bond motifs is 5. The van der Waals surface area contributed by atoms with E-state index >= 15 is 0 Å². The third-order valence-electron chi connectivity index (χ3n) is 6.91. The summed E-state index contributed by atoms with van der Waals surface area (Å²) >= 11 is 0. The Balaban J connectivity index is 1.70. The zero-order valence-electron chi connectivity index (χ0n) is 16.2. The molecule has 2 fully saturated rings. The summed E-state index contributed by atoms with van der Waals surface area (Å²) in [4.78, 5) is 9.52. The van der Waals surface area contributed by atoms with Gasteiger partial charge in [-0.15, -0.1) is 0 Å². The van der Waals surface area contributed by atoms with Gasteiger partial charge in [0.25, 0.3) is 0 Å². The number of nitrogens with zero attached hydrogens (tertiary/aromatic N) is 3. The van der Waals surface area contributed by atoms with Crippen molar-refractivity contribution in [1.82, 2.24) is 14.9 Å². The van der Waals surface area contributed by atoms with Crippen molar-refractivity contribution in [1.29, 1.82) is 0 Å². The first kappa shape index (κ1) is 17.3. The lowest BCUT2D eigenvalue weighted by Gasteiger charge is -2.42. The molecule has 0 aromatic carbocycles. The van der Waals surface area contributed by atoms with E-state index in [-0.39, 0.29) is 6.04 Å². The molecule has 27 heavy (non-hydrogen) atoms. The monoisotopic (exact) mass is 366 g/mol. The Morgan fingerprint density at radius 1 is 1.37 bits per heavy atom. The van der Waals surface area contributed by atoms with Gasteiger partial charge in [0.2, 0.25) is 0 Å². The van der Waals surface area contributed by atoms with Crippen molar-refractivity contribution in [2.75, 3.05) is 0 Å². The largest absolute Gasteiger partial charge is 0.468 e. The molecule has 0 saturated heterocycles. The first-order valence-electron chi connectivity index (χ1n) is 10.1. The molecule has 2 aromatic rings. The quantitative estimate of drug-likeness (QED) is 0.709. The Bertz CT molecular complexity index is 926. The highest BCUT2D eigenvalue weighted by molar-refractivity contribution is 6.66. The average Bonchev–Trinajstić information content (AvgIpc) is 3.20. The van der Waals surface area contributed by atoms with E-state index in [9.17, 15) is 10.1 Å². The first-order valence-corrected chi connectivity index (χ1v) is 10.1. The summed E-state index contributed by atoms with van der Waals surface area (Å²) < 4.78 is 0. The molecule has 2 bridgehead atoms. The van der Waals surface area contributed by atoms with E-state index in [4.69, 9.17) is 5.10 Å². The number of hydrogen-bond acceptors (Lipinski definition) is 5. The van der Waals surface area contributed by atoms with E-state index in [0.29, 0.717) is 17.8 Å². The van der Waals surface area contributed by atoms with Crippen LogP contribution in [0.1, 0.15) is 52.0 Å². The van der Waals surface area contributed by atoms with Gasteiger partial charge in [-0.3, -0.25) is 0 Å². The molecule has 0 amide bonds. The lowest BCUT2D eigenvalue weighted by atomic mass is 9.63. The number of pyridine rings is 1. The maximum Gasteiger partial charge on any atom is 0.468 e. The van der Waals surface area contributed by atoms with Gasteiger partial charge in [-0.05, 0) is 57.4 Å². The molecule has 1 unspecified atom stereocenters. The number of aliphatic hydroxyl groups is 1. The highest BCUT2D eigenvalue weighted by atomic mass is 16.3. The average molecular weight is 366 g/mol. The zero-order valence-corrected chi connectivity index (χ0v) is 16.2.